The number of Topliss-reactive ketones (excluding diaryl/α,β-unsaturated/α-hetero) is 1. The van der Waals surface area contributed by atoms with E-state index in [1.54, 1.807) is 0 Å². The molecule has 0 spiro atoms. The van der Waals surface area contributed by atoms with Crippen molar-refractivity contribution in [3.63, 3.8) is 0 Å². The van der Waals surface area contributed by atoms with Gasteiger partial charge in [0.05, 0.1) is 7.11 Å². The number of nitrogens with zero attached hydrogens (tertiary/aromatic N) is 4. The van der Waals surface area contributed by atoms with Gasteiger partial charge in [-0.1, -0.05) is 137 Å². The third-order valence-electron chi connectivity index (χ3n) is 14.1. The van der Waals surface area contributed by atoms with Crippen LogP contribution in [0.25, 0.3) is 29.1 Å². The average molecular weight is 867 g/mol. The van der Waals surface area contributed by atoms with E-state index in [0.29, 0.717) is 40.2 Å². The van der Waals surface area contributed by atoms with Crippen LogP contribution < -0.4 is 25.7 Å². The molecule has 63 heavy (non-hydrogen) atoms. The zero-order valence-corrected chi connectivity index (χ0v) is 41.7. The molecule has 0 unspecified atom stereocenters. The maximum atomic E-state index is 14.3. The van der Waals surface area contributed by atoms with Crippen molar-refractivity contribution in [2.75, 3.05) is 13.7 Å². The molecule has 0 saturated carbocycles. The predicted molar refractivity (Wildman–Crippen MR) is 255 cm³/mol. The van der Waals surface area contributed by atoms with E-state index >= 15 is 0 Å². The molecule has 1 fully saturated rings. The van der Waals surface area contributed by atoms with Crippen LogP contribution in [0.15, 0.2) is 23.0 Å². The van der Waals surface area contributed by atoms with Crippen molar-refractivity contribution in [1.29, 1.82) is 0 Å². The first-order valence-corrected chi connectivity index (χ1v) is 23.3. The summed E-state index contributed by atoms with van der Waals surface area (Å²) in [5.41, 5.74) is 11.0. The van der Waals surface area contributed by atoms with Gasteiger partial charge in [0, 0.05) is 12.0 Å². The number of aromatic nitrogens is 3. The van der Waals surface area contributed by atoms with Crippen LogP contribution >= 0.6 is 0 Å². The number of ketones is 1. The van der Waals surface area contributed by atoms with Crippen LogP contribution in [-0.4, -0.2) is 54.5 Å². The molecule has 5 heterocycles. The summed E-state index contributed by atoms with van der Waals surface area (Å²) in [4.78, 5) is 56.3. The minimum absolute atomic E-state index is 0. The number of hydrogen-bond donors (Lipinski definition) is 0. The van der Waals surface area contributed by atoms with Crippen molar-refractivity contribution in [2.24, 2.45) is 35.5 Å². The molecule has 1 aliphatic carbocycles. The van der Waals surface area contributed by atoms with Gasteiger partial charge < -0.3 is 29.7 Å². The Bertz CT molecular complexity index is 2380. The van der Waals surface area contributed by atoms with Crippen molar-refractivity contribution < 1.29 is 23.9 Å². The van der Waals surface area contributed by atoms with Gasteiger partial charge in [-0.3, -0.25) is 14.4 Å². The Labute approximate surface area is 392 Å². The van der Waals surface area contributed by atoms with E-state index in [4.69, 9.17) is 29.7 Å². The van der Waals surface area contributed by atoms with E-state index in [9.17, 15) is 14.4 Å². The van der Waals surface area contributed by atoms with Gasteiger partial charge in [-0.05, 0) is 96.5 Å². The van der Waals surface area contributed by atoms with Crippen molar-refractivity contribution in [3.05, 3.63) is 95.2 Å². The molecule has 0 N–H and O–H groups in total. The molecule has 1 saturated heterocycles. The summed E-state index contributed by atoms with van der Waals surface area (Å²) >= 11 is 0. The average Bonchev–Trinajstić information content (AvgIpc) is 3.95. The molecule has 5 atom stereocenters. The van der Waals surface area contributed by atoms with E-state index in [0.717, 1.165) is 80.6 Å². The zero-order chi connectivity index (χ0) is 45.0. The SMILES string of the molecule is COC(=O)[C@H]1C(=O)c2c3[n-]c(c2C)/C=c2\[n-]/c(c(C)c2C)=C\c2[n-]c(c(C)c2C)/C=C2\[N-]/C(=C\31)[C@@H](CCC(=O)OC/C=C(\C)CCC[C@H](C)CCC[C@H](C)CCCC(C)C)[C@@H]2C.[Mg+2]. The fraction of sp³-hybridized carbons (Fsp3) is 0.566. The summed E-state index contributed by atoms with van der Waals surface area (Å²) in [5.74, 6) is -0.619. The monoisotopic (exact) mass is 867 g/mol. The van der Waals surface area contributed by atoms with Crippen LogP contribution in [-0.2, 0) is 19.1 Å². The molecule has 2 aliphatic heterocycles. The molecular weight excluding hydrogens is 797 g/mol. The molecule has 9 nitrogen and oxygen atoms in total. The van der Waals surface area contributed by atoms with E-state index in [2.05, 4.69) is 62.3 Å². The summed E-state index contributed by atoms with van der Waals surface area (Å²) in [7, 11) is 1.30. The largest absolute Gasteiger partial charge is 2.00 e. The maximum absolute atomic E-state index is 14.3. The number of ether oxygens (including phenoxy) is 2. The van der Waals surface area contributed by atoms with Crippen LogP contribution in [0.5, 0.6) is 0 Å². The second-order valence-electron chi connectivity index (χ2n) is 19.2. The second-order valence-corrected chi connectivity index (χ2v) is 19.2. The van der Waals surface area contributed by atoms with Crippen molar-refractivity contribution >= 4 is 64.6 Å². The Kier molecular flexibility index (Phi) is 17.3. The summed E-state index contributed by atoms with van der Waals surface area (Å²) in [6.45, 7) is 23.9. The third-order valence-corrected chi connectivity index (χ3v) is 14.1. The number of methoxy groups -OCH3 is 1. The van der Waals surface area contributed by atoms with Gasteiger partial charge in [-0.25, -0.2) is 0 Å². The minimum Gasteiger partial charge on any atom is -0.664 e. The van der Waals surface area contributed by atoms with Crippen LogP contribution in [0.2, 0.25) is 0 Å². The van der Waals surface area contributed by atoms with Crippen molar-refractivity contribution in [2.45, 2.75) is 147 Å². The van der Waals surface area contributed by atoms with Gasteiger partial charge in [0.1, 0.15) is 12.5 Å². The van der Waals surface area contributed by atoms with Crippen LogP contribution in [0.4, 0.5) is 0 Å². The second kappa shape index (κ2) is 21.8. The molecule has 0 aromatic carbocycles. The summed E-state index contributed by atoms with van der Waals surface area (Å²) in [6, 6.07) is 0. The van der Waals surface area contributed by atoms with Gasteiger partial charge in [-0.2, -0.15) is 11.4 Å². The number of hydrogen-bond acceptors (Lipinski definition) is 5. The first kappa shape index (κ1) is 50.0. The smallest absolute Gasteiger partial charge is 0.664 e. The number of esters is 2. The zero-order valence-electron chi connectivity index (χ0n) is 40.3. The number of carbonyl (C=O) groups is 3. The normalized spacial score (nSPS) is 22.0. The Morgan fingerprint density at radius 2 is 1.32 bits per heavy atom. The summed E-state index contributed by atoms with van der Waals surface area (Å²) in [6.07, 6.45) is 19.9. The first-order chi connectivity index (χ1) is 29.5. The van der Waals surface area contributed by atoms with Gasteiger partial charge in [0.15, 0.2) is 5.78 Å². The van der Waals surface area contributed by atoms with Crippen molar-refractivity contribution in [3.8, 4) is 0 Å². The Hall–Kier alpha value is -4.02. The topological polar surface area (TPSA) is 126 Å². The number of rotatable bonds is 18. The molecule has 0 radical (unpaired) electrons. The van der Waals surface area contributed by atoms with Crippen LogP contribution in [0.1, 0.15) is 173 Å². The summed E-state index contributed by atoms with van der Waals surface area (Å²) in [5, 5.41) is 6.83. The molecule has 3 aromatic rings. The van der Waals surface area contributed by atoms with E-state index < -0.39 is 11.9 Å². The number of fused-ring (bicyclic) bond motifs is 7. The Morgan fingerprint density at radius 3 is 1.92 bits per heavy atom. The predicted octanol–water partition coefficient (Wildman–Crippen LogP) is 9.78. The van der Waals surface area contributed by atoms with Crippen LogP contribution in [0, 0.1) is 70.1 Å². The minimum atomic E-state index is -1.21. The molecule has 10 heteroatoms. The van der Waals surface area contributed by atoms with Gasteiger partial charge in [-0.15, -0.1) is 33.5 Å². The number of carbonyl (C=O) groups excluding carboxylic acids is 3. The Balaban J connectivity index is 0.00000748. The van der Waals surface area contributed by atoms with Crippen molar-refractivity contribution in [1.82, 2.24) is 15.0 Å². The molecule has 3 aliphatic rings. The molecule has 8 bridgehead atoms. The third kappa shape index (κ3) is 11.3. The maximum Gasteiger partial charge on any atom is 2.00 e. The number of allylic oxidation sites excluding steroid dienone is 3. The first-order valence-electron chi connectivity index (χ1n) is 23.3. The van der Waals surface area contributed by atoms with Gasteiger partial charge >= 0.3 is 35.0 Å². The van der Waals surface area contributed by atoms with Gasteiger partial charge in [0.25, 0.3) is 0 Å². The summed E-state index contributed by atoms with van der Waals surface area (Å²) < 4.78 is 11.0. The van der Waals surface area contributed by atoms with E-state index in [1.165, 1.54) is 57.6 Å². The standard InChI is InChI=1S/C53H71N4O5.Mg/c1-29(2)16-13-17-30(3)18-14-19-31(4)20-15-21-32(5)24-25-62-46(58)23-22-39-37(10)44-27-42-35(8)33(6)40(54-42)26-41-34(7)36(9)43(55-41)28-45-38(11)47-51(57-45)48(50(39)56-44)49(52(47)59)53(60)61-12;/h24,26-31,37,39,49H,13-23,25H2,1-12H3,(H-,56,57,59);/q-3;+2/p-1/b32-24+,41-26-,43-28-,44-27-;/t30-,31-,37+,39+,49-;/m1./s1. The quantitative estimate of drug-likeness (QED) is 0.0536. The fourth-order valence-electron chi connectivity index (χ4n) is 9.56. The Morgan fingerprint density at radius 1 is 0.746 bits per heavy atom. The molecular formula is C53H70MgN4O5-2. The fourth-order valence-corrected chi connectivity index (χ4v) is 9.56. The molecule has 6 rings (SSSR count). The van der Waals surface area contributed by atoms with Gasteiger partial charge in [0.2, 0.25) is 0 Å². The molecule has 336 valence electrons. The van der Waals surface area contributed by atoms with Crippen LogP contribution in [0.3, 0.4) is 0 Å². The molecule has 3 aromatic heterocycles. The van der Waals surface area contributed by atoms with E-state index in [-0.39, 0.29) is 59.7 Å². The molecule has 0 amide bonds. The van der Waals surface area contributed by atoms with E-state index in [1.807, 2.05) is 38.2 Å².